The van der Waals surface area contributed by atoms with Crippen LogP contribution in [0.15, 0.2) is 110 Å². The second-order valence-corrected chi connectivity index (χ2v) is 7.45. The largest absolute Gasteiger partial charge is 0.0984 e. The van der Waals surface area contributed by atoms with Gasteiger partial charge >= 0.3 is 0 Å². The number of hydrogen-bond acceptors (Lipinski definition) is 0. The van der Waals surface area contributed by atoms with Crippen LogP contribution in [0.25, 0.3) is 56.0 Å². The van der Waals surface area contributed by atoms with Gasteiger partial charge in [-0.2, -0.15) is 0 Å². The Labute approximate surface area is 177 Å². The third kappa shape index (κ3) is 2.86. The molecule has 5 aromatic carbocycles. The molecule has 0 aliphatic rings. The maximum atomic E-state index is 4.16. The molecule has 0 amide bonds. The van der Waals surface area contributed by atoms with E-state index in [1.165, 1.54) is 43.8 Å². The van der Waals surface area contributed by atoms with Crippen molar-refractivity contribution in [2.24, 2.45) is 0 Å². The molecule has 0 saturated carbocycles. The lowest BCUT2D eigenvalue weighted by Gasteiger charge is -2.19. The van der Waals surface area contributed by atoms with E-state index in [0.717, 1.165) is 11.1 Å². The number of rotatable bonds is 4. The van der Waals surface area contributed by atoms with Crippen LogP contribution in [0.3, 0.4) is 0 Å². The highest BCUT2D eigenvalue weighted by atomic mass is 14.2. The average Bonchev–Trinajstić information content (AvgIpc) is 2.82. The molecule has 0 aromatic heterocycles. The summed E-state index contributed by atoms with van der Waals surface area (Å²) in [7, 11) is 0. The first-order chi connectivity index (χ1) is 14.8. The fourth-order valence-corrected chi connectivity index (χ4v) is 4.45. The summed E-state index contributed by atoms with van der Waals surface area (Å²) in [6, 6.07) is 34.5. The molecule has 0 spiro atoms. The van der Waals surface area contributed by atoms with Crippen LogP contribution in [0, 0.1) is 0 Å². The Morgan fingerprint density at radius 2 is 1.03 bits per heavy atom. The molecule has 0 atom stereocenters. The van der Waals surface area contributed by atoms with Gasteiger partial charge in [0.05, 0.1) is 0 Å². The maximum Gasteiger partial charge on any atom is -0.00206 e. The Morgan fingerprint density at radius 1 is 0.467 bits per heavy atom. The van der Waals surface area contributed by atoms with Gasteiger partial charge in [0, 0.05) is 0 Å². The molecule has 0 aliphatic carbocycles. The Hall–Kier alpha value is -3.90. The van der Waals surface area contributed by atoms with Gasteiger partial charge in [0.25, 0.3) is 0 Å². The van der Waals surface area contributed by atoms with Crippen molar-refractivity contribution in [3.8, 4) is 22.3 Å². The molecule has 0 fully saturated rings. The smallest absolute Gasteiger partial charge is 0.00206 e. The Bertz CT molecular complexity index is 1410. The van der Waals surface area contributed by atoms with Gasteiger partial charge in [-0.1, -0.05) is 122 Å². The van der Waals surface area contributed by atoms with E-state index >= 15 is 0 Å². The highest BCUT2D eigenvalue weighted by Gasteiger charge is 2.17. The molecule has 0 nitrogen and oxygen atoms in total. The molecule has 0 saturated heterocycles. The lowest BCUT2D eigenvalue weighted by Crippen LogP contribution is -1.94. The van der Waals surface area contributed by atoms with Gasteiger partial charge in [0.1, 0.15) is 0 Å². The van der Waals surface area contributed by atoms with Crippen LogP contribution in [0.2, 0.25) is 0 Å². The molecule has 5 rings (SSSR count). The second kappa shape index (κ2) is 7.50. The highest BCUT2D eigenvalue weighted by molar-refractivity contribution is 6.07. The molecule has 0 aliphatic heterocycles. The summed E-state index contributed by atoms with van der Waals surface area (Å²) in [5.41, 5.74) is 7.08. The van der Waals surface area contributed by atoms with E-state index in [-0.39, 0.29) is 0 Å². The van der Waals surface area contributed by atoms with Gasteiger partial charge in [0.2, 0.25) is 0 Å². The lowest BCUT2D eigenvalue weighted by molar-refractivity contribution is 1.57. The van der Waals surface area contributed by atoms with E-state index in [1.54, 1.807) is 0 Å². The molecule has 142 valence electrons. The second-order valence-electron chi connectivity index (χ2n) is 7.45. The normalized spacial score (nSPS) is 10.9. The van der Waals surface area contributed by atoms with Gasteiger partial charge in [-0.3, -0.25) is 0 Å². The molecular formula is C30H22. The van der Waals surface area contributed by atoms with Crippen LogP contribution in [0.4, 0.5) is 0 Å². The zero-order valence-corrected chi connectivity index (χ0v) is 16.8. The van der Waals surface area contributed by atoms with Crippen molar-refractivity contribution >= 4 is 33.7 Å². The maximum absolute atomic E-state index is 4.16. The van der Waals surface area contributed by atoms with Crippen molar-refractivity contribution in [2.45, 2.75) is 0 Å². The summed E-state index contributed by atoms with van der Waals surface area (Å²) in [5, 5.41) is 4.97. The third-order valence-electron chi connectivity index (χ3n) is 5.84. The van der Waals surface area contributed by atoms with E-state index in [0.29, 0.717) is 0 Å². The fraction of sp³-hybridized carbons (Fsp3) is 0. The number of fused-ring (bicyclic) bond motifs is 2. The van der Waals surface area contributed by atoms with E-state index in [1.807, 2.05) is 12.2 Å². The SMILES string of the molecule is C=Cc1ccc(-c2cccc3ccccc23)c(-c2cccc3ccccc23)c1C=C. The van der Waals surface area contributed by atoms with Crippen LogP contribution >= 0.6 is 0 Å². The number of benzene rings is 5. The van der Waals surface area contributed by atoms with Crippen molar-refractivity contribution in [2.75, 3.05) is 0 Å². The minimum absolute atomic E-state index is 1.09. The van der Waals surface area contributed by atoms with Crippen LogP contribution in [-0.2, 0) is 0 Å². The van der Waals surface area contributed by atoms with Crippen LogP contribution in [-0.4, -0.2) is 0 Å². The summed E-state index contributed by atoms with van der Waals surface area (Å²) in [5.74, 6) is 0. The minimum Gasteiger partial charge on any atom is -0.0984 e. The van der Waals surface area contributed by atoms with Crippen molar-refractivity contribution < 1.29 is 0 Å². The van der Waals surface area contributed by atoms with Crippen molar-refractivity contribution in [1.82, 2.24) is 0 Å². The van der Waals surface area contributed by atoms with Gasteiger partial charge in [-0.25, -0.2) is 0 Å². The monoisotopic (exact) mass is 382 g/mol. The highest BCUT2D eigenvalue weighted by Crippen LogP contribution is 2.42. The fourth-order valence-electron chi connectivity index (χ4n) is 4.45. The zero-order chi connectivity index (χ0) is 20.5. The van der Waals surface area contributed by atoms with E-state index < -0.39 is 0 Å². The zero-order valence-electron chi connectivity index (χ0n) is 16.8. The Balaban J connectivity index is 1.95. The minimum atomic E-state index is 1.09. The predicted molar refractivity (Wildman–Crippen MR) is 133 cm³/mol. The van der Waals surface area contributed by atoms with E-state index in [9.17, 15) is 0 Å². The summed E-state index contributed by atoms with van der Waals surface area (Å²) in [6.45, 7) is 8.20. The third-order valence-corrected chi connectivity index (χ3v) is 5.84. The summed E-state index contributed by atoms with van der Waals surface area (Å²) in [6.07, 6.45) is 3.88. The molecule has 30 heavy (non-hydrogen) atoms. The first-order valence-corrected chi connectivity index (χ1v) is 10.2. The quantitative estimate of drug-likeness (QED) is 0.292. The Kier molecular flexibility index (Phi) is 4.53. The number of hydrogen-bond donors (Lipinski definition) is 0. The van der Waals surface area contributed by atoms with Crippen molar-refractivity contribution in [3.63, 3.8) is 0 Å². The molecular weight excluding hydrogens is 360 g/mol. The van der Waals surface area contributed by atoms with Crippen molar-refractivity contribution in [3.05, 3.63) is 121 Å². The van der Waals surface area contributed by atoms with E-state index in [2.05, 4.69) is 110 Å². The first kappa shape index (κ1) is 18.1. The molecule has 0 unspecified atom stereocenters. The molecule has 0 radical (unpaired) electrons. The summed E-state index contributed by atoms with van der Waals surface area (Å²) < 4.78 is 0. The van der Waals surface area contributed by atoms with Gasteiger partial charge < -0.3 is 0 Å². The Morgan fingerprint density at radius 3 is 1.67 bits per heavy atom. The molecule has 5 aromatic rings. The summed E-state index contributed by atoms with van der Waals surface area (Å²) >= 11 is 0. The van der Waals surface area contributed by atoms with Crippen LogP contribution in [0.1, 0.15) is 11.1 Å². The molecule has 0 N–H and O–H groups in total. The van der Waals surface area contributed by atoms with Gasteiger partial charge in [-0.15, -0.1) is 0 Å². The standard InChI is InChI=1S/C30H22/c1-3-21-19-20-29(27-17-9-13-22-11-5-7-15-25(22)27)30(24(21)4-2)28-18-10-14-23-12-6-8-16-26(23)28/h3-20H,1-2H2. The molecule has 0 heterocycles. The van der Waals surface area contributed by atoms with E-state index in [4.69, 9.17) is 0 Å². The van der Waals surface area contributed by atoms with Gasteiger partial charge in [0.15, 0.2) is 0 Å². The first-order valence-electron chi connectivity index (χ1n) is 10.2. The lowest BCUT2D eigenvalue weighted by atomic mass is 9.84. The van der Waals surface area contributed by atoms with Crippen LogP contribution < -0.4 is 0 Å². The van der Waals surface area contributed by atoms with Crippen LogP contribution in [0.5, 0.6) is 0 Å². The summed E-state index contributed by atoms with van der Waals surface area (Å²) in [4.78, 5) is 0. The predicted octanol–water partition coefficient (Wildman–Crippen LogP) is 8.61. The van der Waals surface area contributed by atoms with Crippen molar-refractivity contribution in [1.29, 1.82) is 0 Å². The topological polar surface area (TPSA) is 0 Å². The van der Waals surface area contributed by atoms with Gasteiger partial charge in [-0.05, 0) is 54.9 Å². The molecule has 0 bridgehead atoms. The molecule has 0 heteroatoms. The average molecular weight is 383 g/mol.